The minimum absolute atomic E-state index is 0.0322. The second kappa shape index (κ2) is 12.2. The summed E-state index contributed by atoms with van der Waals surface area (Å²) in [6, 6.07) is 12.4. The molecule has 0 heterocycles. The van der Waals surface area contributed by atoms with E-state index < -0.39 is 22.0 Å². The number of carbonyl (C=O) groups excluding carboxylic acids is 2. The predicted molar refractivity (Wildman–Crippen MR) is 142 cm³/mol. The van der Waals surface area contributed by atoms with Gasteiger partial charge < -0.3 is 10.2 Å². The Labute approximate surface area is 210 Å². The van der Waals surface area contributed by atoms with E-state index >= 15 is 0 Å². The number of aryl methyl sites for hydroxylation is 3. The average Bonchev–Trinajstić information content (AvgIpc) is 2.76. The van der Waals surface area contributed by atoms with Crippen LogP contribution in [0.1, 0.15) is 55.9 Å². The Morgan fingerprint density at radius 3 is 2.17 bits per heavy atom. The molecular formula is C27H39N3O4S. The second-order valence-electron chi connectivity index (χ2n) is 9.31. The fourth-order valence-electron chi connectivity index (χ4n) is 4.05. The summed E-state index contributed by atoms with van der Waals surface area (Å²) in [6.45, 7) is 11.3. The van der Waals surface area contributed by atoms with Crippen molar-refractivity contribution in [1.29, 1.82) is 0 Å². The van der Waals surface area contributed by atoms with Gasteiger partial charge in [0.2, 0.25) is 21.8 Å². The highest BCUT2D eigenvalue weighted by atomic mass is 32.2. The Kier molecular flexibility index (Phi) is 9.89. The third-order valence-electron chi connectivity index (χ3n) is 6.12. The van der Waals surface area contributed by atoms with Gasteiger partial charge in [0.25, 0.3) is 0 Å². The monoisotopic (exact) mass is 501 g/mol. The number of sulfonamides is 1. The molecule has 0 bridgehead atoms. The van der Waals surface area contributed by atoms with Crippen LogP contribution < -0.4 is 9.62 Å². The van der Waals surface area contributed by atoms with Gasteiger partial charge in [-0.2, -0.15) is 0 Å². The largest absolute Gasteiger partial charge is 0.352 e. The number of nitrogens with zero attached hydrogens (tertiary/aromatic N) is 2. The first-order chi connectivity index (χ1) is 16.4. The molecule has 0 aliphatic carbocycles. The molecule has 0 unspecified atom stereocenters. The molecule has 35 heavy (non-hydrogen) atoms. The molecule has 2 aromatic carbocycles. The molecule has 2 rings (SSSR count). The number of benzene rings is 2. The SMILES string of the molecule is CC[C@@H](C)NC(=O)[C@@H](CC)N(Cc1cccc(C)c1)C(=O)CN(c1ccc(C)cc1C)S(C)(=O)=O. The summed E-state index contributed by atoms with van der Waals surface area (Å²) in [5.41, 5.74) is 4.14. The highest BCUT2D eigenvalue weighted by Crippen LogP contribution is 2.24. The van der Waals surface area contributed by atoms with Crippen molar-refractivity contribution in [3.8, 4) is 0 Å². The van der Waals surface area contributed by atoms with Crippen LogP contribution in [0, 0.1) is 20.8 Å². The molecule has 1 N–H and O–H groups in total. The predicted octanol–water partition coefficient (Wildman–Crippen LogP) is 4.10. The fraction of sp³-hybridized carbons (Fsp3) is 0.481. The number of rotatable bonds is 11. The zero-order valence-electron chi connectivity index (χ0n) is 22.0. The van der Waals surface area contributed by atoms with Gasteiger partial charge in [-0.1, -0.05) is 61.4 Å². The van der Waals surface area contributed by atoms with Crippen LogP contribution in [0.2, 0.25) is 0 Å². The fourth-order valence-corrected chi connectivity index (χ4v) is 4.95. The van der Waals surface area contributed by atoms with Gasteiger partial charge in [-0.3, -0.25) is 13.9 Å². The Bertz CT molecular complexity index is 1150. The van der Waals surface area contributed by atoms with E-state index in [1.807, 2.05) is 77.9 Å². The summed E-state index contributed by atoms with van der Waals surface area (Å²) in [4.78, 5) is 28.4. The van der Waals surface area contributed by atoms with Gasteiger partial charge >= 0.3 is 0 Å². The van der Waals surface area contributed by atoms with Crippen LogP contribution in [-0.4, -0.2) is 50.0 Å². The van der Waals surface area contributed by atoms with Gasteiger partial charge in [0.15, 0.2) is 0 Å². The first-order valence-electron chi connectivity index (χ1n) is 12.1. The van der Waals surface area contributed by atoms with Crippen LogP contribution in [0.5, 0.6) is 0 Å². The smallest absolute Gasteiger partial charge is 0.244 e. The summed E-state index contributed by atoms with van der Waals surface area (Å²) in [6.07, 6.45) is 2.27. The molecule has 0 aliphatic heterocycles. The zero-order valence-corrected chi connectivity index (χ0v) is 22.8. The van der Waals surface area contributed by atoms with E-state index in [9.17, 15) is 18.0 Å². The van der Waals surface area contributed by atoms with E-state index in [0.29, 0.717) is 12.1 Å². The van der Waals surface area contributed by atoms with Gasteiger partial charge in [0.1, 0.15) is 12.6 Å². The maximum absolute atomic E-state index is 13.7. The topological polar surface area (TPSA) is 86.8 Å². The van der Waals surface area contributed by atoms with Crippen molar-refractivity contribution in [3.63, 3.8) is 0 Å². The van der Waals surface area contributed by atoms with E-state index in [4.69, 9.17) is 0 Å². The van der Waals surface area contributed by atoms with Crippen molar-refractivity contribution < 1.29 is 18.0 Å². The third-order valence-corrected chi connectivity index (χ3v) is 7.25. The molecule has 7 nitrogen and oxygen atoms in total. The molecule has 0 aromatic heterocycles. The summed E-state index contributed by atoms with van der Waals surface area (Å²) >= 11 is 0. The number of hydrogen-bond acceptors (Lipinski definition) is 4. The Morgan fingerprint density at radius 1 is 0.971 bits per heavy atom. The normalized spacial score (nSPS) is 13.1. The molecular weight excluding hydrogens is 462 g/mol. The maximum atomic E-state index is 13.7. The Morgan fingerprint density at radius 2 is 1.63 bits per heavy atom. The van der Waals surface area contributed by atoms with Crippen LogP contribution in [0.4, 0.5) is 5.69 Å². The van der Waals surface area contributed by atoms with Crippen LogP contribution >= 0.6 is 0 Å². The van der Waals surface area contributed by atoms with E-state index in [1.165, 1.54) is 4.90 Å². The van der Waals surface area contributed by atoms with Crippen molar-refractivity contribution in [2.45, 2.75) is 73.0 Å². The maximum Gasteiger partial charge on any atom is 0.244 e. The first kappa shape index (κ1) is 28.4. The van der Waals surface area contributed by atoms with E-state index in [1.54, 1.807) is 6.07 Å². The van der Waals surface area contributed by atoms with Gasteiger partial charge in [0, 0.05) is 12.6 Å². The molecule has 0 saturated carbocycles. The molecule has 2 atom stereocenters. The lowest BCUT2D eigenvalue weighted by molar-refractivity contribution is -0.140. The lowest BCUT2D eigenvalue weighted by atomic mass is 10.1. The van der Waals surface area contributed by atoms with Crippen molar-refractivity contribution in [1.82, 2.24) is 10.2 Å². The second-order valence-corrected chi connectivity index (χ2v) is 11.2. The Balaban J connectivity index is 2.47. The molecule has 0 aliphatic rings. The molecule has 2 aromatic rings. The molecule has 192 valence electrons. The number of nitrogens with one attached hydrogen (secondary N) is 1. The van der Waals surface area contributed by atoms with Crippen LogP contribution in [0.3, 0.4) is 0 Å². The minimum atomic E-state index is -3.75. The summed E-state index contributed by atoms with van der Waals surface area (Å²) in [7, 11) is -3.75. The van der Waals surface area contributed by atoms with Gasteiger partial charge in [0.05, 0.1) is 11.9 Å². The molecule has 0 fully saturated rings. The Hall–Kier alpha value is -2.87. The lowest BCUT2D eigenvalue weighted by Crippen LogP contribution is -2.53. The molecule has 0 spiro atoms. The number of carbonyl (C=O) groups is 2. The van der Waals surface area contributed by atoms with Gasteiger partial charge in [-0.05, 0) is 57.7 Å². The minimum Gasteiger partial charge on any atom is -0.352 e. The molecule has 8 heteroatoms. The van der Waals surface area contributed by atoms with Crippen molar-refractivity contribution in [2.75, 3.05) is 17.1 Å². The first-order valence-corrected chi connectivity index (χ1v) is 13.9. The lowest BCUT2D eigenvalue weighted by Gasteiger charge is -2.33. The van der Waals surface area contributed by atoms with Crippen LogP contribution in [-0.2, 0) is 26.2 Å². The molecule has 2 amide bonds. The van der Waals surface area contributed by atoms with Gasteiger partial charge in [-0.25, -0.2) is 8.42 Å². The quantitative estimate of drug-likeness (QED) is 0.502. The zero-order chi connectivity index (χ0) is 26.3. The van der Waals surface area contributed by atoms with E-state index in [-0.39, 0.29) is 25.0 Å². The van der Waals surface area contributed by atoms with E-state index in [2.05, 4.69) is 5.32 Å². The van der Waals surface area contributed by atoms with E-state index in [0.717, 1.165) is 39.2 Å². The average molecular weight is 502 g/mol. The van der Waals surface area contributed by atoms with Crippen LogP contribution in [0.15, 0.2) is 42.5 Å². The van der Waals surface area contributed by atoms with Crippen molar-refractivity contribution in [2.24, 2.45) is 0 Å². The van der Waals surface area contributed by atoms with Gasteiger partial charge in [-0.15, -0.1) is 0 Å². The standard InChI is InChI=1S/C27H39N3O4S/c1-8-22(6)28-27(32)24(9-2)29(17-23-12-10-11-19(3)16-23)26(31)18-30(35(7,33)34)25-14-13-20(4)15-21(25)5/h10-16,22,24H,8-9,17-18H2,1-7H3,(H,28,32)/t22-,24-/m1/s1. The summed E-state index contributed by atoms with van der Waals surface area (Å²) in [5.74, 6) is -0.664. The van der Waals surface area contributed by atoms with Crippen molar-refractivity contribution in [3.05, 3.63) is 64.7 Å². The highest BCUT2D eigenvalue weighted by molar-refractivity contribution is 7.92. The number of amides is 2. The molecule has 0 radical (unpaired) electrons. The molecule has 0 saturated heterocycles. The number of hydrogen-bond donors (Lipinski definition) is 1. The number of anilines is 1. The summed E-state index contributed by atoms with van der Waals surface area (Å²) < 4.78 is 26.7. The van der Waals surface area contributed by atoms with Crippen molar-refractivity contribution >= 4 is 27.5 Å². The van der Waals surface area contributed by atoms with Crippen LogP contribution in [0.25, 0.3) is 0 Å². The highest BCUT2D eigenvalue weighted by Gasteiger charge is 2.32. The third kappa shape index (κ3) is 7.82. The summed E-state index contributed by atoms with van der Waals surface area (Å²) in [5, 5.41) is 2.98.